The molecule has 0 fully saturated rings. The Morgan fingerprint density at radius 2 is 1.96 bits per heavy atom. The van der Waals surface area contributed by atoms with Crippen LogP contribution >= 0.6 is 11.6 Å². The third kappa shape index (κ3) is 10.4. The molecule has 1 aromatic carbocycles. The van der Waals surface area contributed by atoms with E-state index in [0.29, 0.717) is 17.3 Å². The van der Waals surface area contributed by atoms with Crippen molar-refractivity contribution in [2.75, 3.05) is 11.9 Å². The lowest BCUT2D eigenvalue weighted by molar-refractivity contribution is 0.0636. The molecule has 0 aliphatic rings. The lowest BCUT2D eigenvalue weighted by Gasteiger charge is -2.20. The quantitative estimate of drug-likeness (QED) is 0.252. The van der Waals surface area contributed by atoms with E-state index in [0.717, 1.165) is 12.0 Å². The summed E-state index contributed by atoms with van der Waals surface area (Å²) < 4.78 is 5.29. The van der Waals surface area contributed by atoms with E-state index in [1.807, 2.05) is 20.8 Å². The minimum Gasteiger partial charge on any atom is -0.444 e. The van der Waals surface area contributed by atoms with E-state index in [1.165, 1.54) is 6.04 Å². The molecule has 0 aliphatic heterocycles. The zero-order valence-corrected chi connectivity index (χ0v) is 18.5. The van der Waals surface area contributed by atoms with Crippen LogP contribution in [0.5, 0.6) is 0 Å². The van der Waals surface area contributed by atoms with Gasteiger partial charge in [0.15, 0.2) is 0 Å². The highest BCUT2D eigenvalue weighted by Gasteiger charge is 2.17. The predicted molar refractivity (Wildman–Crippen MR) is 116 cm³/mol. The third-order valence-electron chi connectivity index (χ3n) is 3.20. The number of anilines is 1. The smallest absolute Gasteiger partial charge is 0.412 e. The minimum absolute atomic E-state index is 0.497. The van der Waals surface area contributed by atoms with Gasteiger partial charge in [0.1, 0.15) is 5.60 Å². The van der Waals surface area contributed by atoms with E-state index in [4.69, 9.17) is 16.3 Å². The maximum absolute atomic E-state index is 12.0. The molecule has 1 amide bonds. The van der Waals surface area contributed by atoms with Crippen LogP contribution in [0.4, 0.5) is 10.5 Å². The first-order valence-electron chi connectivity index (χ1n) is 8.91. The van der Waals surface area contributed by atoms with E-state index < -0.39 is 19.8 Å². The van der Waals surface area contributed by atoms with Crippen molar-refractivity contribution in [3.63, 3.8) is 0 Å². The summed E-state index contributed by atoms with van der Waals surface area (Å²) in [5.74, 6) is 0. The summed E-state index contributed by atoms with van der Waals surface area (Å²) in [6.07, 6.45) is 6.59. The summed E-state index contributed by atoms with van der Waals surface area (Å²) >= 11 is 6.07. The number of hydrogen-bond donors (Lipinski definition) is 1. The summed E-state index contributed by atoms with van der Waals surface area (Å²) in [5.41, 5.74) is 0.837. The number of benzene rings is 1. The molecule has 0 heterocycles. The summed E-state index contributed by atoms with van der Waals surface area (Å²) in [4.78, 5) is 16.4. The average Bonchev–Trinajstić information content (AvgIpc) is 2.45. The van der Waals surface area contributed by atoms with Crippen LogP contribution in [-0.2, 0) is 4.74 Å². The summed E-state index contributed by atoms with van der Waals surface area (Å²) in [5, 5.41) is 3.35. The average molecular weight is 395 g/mol. The van der Waals surface area contributed by atoms with E-state index in [1.54, 1.807) is 24.4 Å². The highest BCUT2D eigenvalue weighted by molar-refractivity contribution is 6.76. The fraction of sp³-hybridized carbons (Fsp3) is 0.500. The normalized spacial score (nSPS) is 12.7. The van der Waals surface area contributed by atoms with Gasteiger partial charge in [-0.1, -0.05) is 43.4 Å². The molecule has 144 valence electrons. The first kappa shape index (κ1) is 22.4. The summed E-state index contributed by atoms with van der Waals surface area (Å²) in [7, 11) is -1.02. The molecule has 0 saturated carbocycles. The lowest BCUT2D eigenvalue weighted by atomic mass is 10.2. The van der Waals surface area contributed by atoms with Crippen LogP contribution in [0, 0.1) is 0 Å². The zero-order valence-electron chi connectivity index (χ0n) is 16.7. The van der Waals surface area contributed by atoms with Gasteiger partial charge >= 0.3 is 6.09 Å². The molecule has 0 aromatic heterocycles. The van der Waals surface area contributed by atoms with Gasteiger partial charge in [0.2, 0.25) is 0 Å². The first-order valence-corrected chi connectivity index (χ1v) is 13.0. The second-order valence-electron chi connectivity index (χ2n) is 8.42. The van der Waals surface area contributed by atoms with E-state index >= 15 is 0 Å². The maximum Gasteiger partial charge on any atom is 0.412 e. The SMILES string of the molecule is CC(C)(C)OC(=O)Nc1ccc(Cl)cc1C=NCC/C=C/C[Si](C)(C)C. The fourth-order valence-electron chi connectivity index (χ4n) is 2.03. The van der Waals surface area contributed by atoms with Gasteiger partial charge in [0.25, 0.3) is 0 Å². The van der Waals surface area contributed by atoms with Crippen molar-refractivity contribution >= 4 is 37.7 Å². The molecule has 0 spiro atoms. The number of halogens is 1. The number of allylic oxidation sites excluding steroid dienone is 1. The van der Waals surface area contributed by atoms with Gasteiger partial charge < -0.3 is 4.74 Å². The second kappa shape index (κ2) is 9.93. The summed E-state index contributed by atoms with van der Waals surface area (Å²) in [6.45, 7) is 13.2. The van der Waals surface area contributed by atoms with Crippen LogP contribution in [0.3, 0.4) is 0 Å². The number of hydrogen-bond acceptors (Lipinski definition) is 3. The highest BCUT2D eigenvalue weighted by Crippen LogP contribution is 2.20. The van der Waals surface area contributed by atoms with Crippen LogP contribution in [0.25, 0.3) is 0 Å². The molecule has 0 saturated heterocycles. The molecule has 26 heavy (non-hydrogen) atoms. The van der Waals surface area contributed by atoms with Crippen LogP contribution < -0.4 is 5.32 Å². The number of amides is 1. The highest BCUT2D eigenvalue weighted by atomic mass is 35.5. The van der Waals surface area contributed by atoms with Crippen molar-refractivity contribution in [3.05, 3.63) is 40.9 Å². The Morgan fingerprint density at radius 1 is 1.27 bits per heavy atom. The lowest BCUT2D eigenvalue weighted by Crippen LogP contribution is -2.27. The molecule has 1 rings (SSSR count). The van der Waals surface area contributed by atoms with Crippen molar-refractivity contribution in [3.8, 4) is 0 Å². The number of ether oxygens (including phenoxy) is 1. The summed E-state index contributed by atoms with van der Waals surface area (Å²) in [6, 6.07) is 6.44. The Morgan fingerprint density at radius 3 is 2.58 bits per heavy atom. The van der Waals surface area contributed by atoms with Gasteiger partial charge in [-0.05, 0) is 51.4 Å². The zero-order chi connectivity index (χ0) is 19.8. The van der Waals surface area contributed by atoms with Gasteiger partial charge in [-0.3, -0.25) is 10.3 Å². The van der Waals surface area contributed by atoms with Crippen LogP contribution in [0.15, 0.2) is 35.3 Å². The molecule has 0 bridgehead atoms. The Balaban J connectivity index is 2.65. The Hall–Kier alpha value is -1.59. The van der Waals surface area contributed by atoms with Crippen LogP contribution in [0.1, 0.15) is 32.8 Å². The number of nitrogens with zero attached hydrogens (tertiary/aromatic N) is 1. The van der Waals surface area contributed by atoms with Crippen LogP contribution in [0.2, 0.25) is 30.7 Å². The molecule has 0 atom stereocenters. The van der Waals surface area contributed by atoms with Crippen LogP contribution in [-0.4, -0.2) is 32.5 Å². The second-order valence-corrected chi connectivity index (χ2v) is 14.4. The minimum atomic E-state index is -1.02. The van der Waals surface area contributed by atoms with Gasteiger partial charge in [0.05, 0.1) is 5.69 Å². The van der Waals surface area contributed by atoms with Crippen molar-refractivity contribution in [1.82, 2.24) is 0 Å². The number of carbonyl (C=O) groups excluding carboxylic acids is 1. The number of rotatable bonds is 7. The molecule has 0 radical (unpaired) electrons. The third-order valence-corrected chi connectivity index (χ3v) is 4.90. The largest absolute Gasteiger partial charge is 0.444 e. The molecule has 1 N–H and O–H groups in total. The molecular formula is C20H31ClN2O2Si. The molecular weight excluding hydrogens is 364 g/mol. The standard InChI is InChI=1S/C20H31ClN2O2Si/c1-20(2,3)25-19(24)23-18-11-10-17(21)14-16(18)15-22-12-8-7-9-13-26(4,5)6/h7,9-11,14-15H,8,12-13H2,1-6H3,(H,23,24)/b9-7+,22-15?. The predicted octanol–water partition coefficient (Wildman–Crippen LogP) is 6.39. The first-order chi connectivity index (χ1) is 12.0. The van der Waals surface area contributed by atoms with E-state index in [2.05, 4.69) is 42.1 Å². The number of carbonyl (C=O) groups is 1. The number of nitrogens with one attached hydrogen (secondary N) is 1. The maximum atomic E-state index is 12.0. The molecule has 0 unspecified atom stereocenters. The van der Waals surface area contributed by atoms with Gasteiger partial charge in [-0.15, -0.1) is 0 Å². The topological polar surface area (TPSA) is 50.7 Å². The van der Waals surface area contributed by atoms with E-state index in [-0.39, 0.29) is 0 Å². The van der Waals surface area contributed by atoms with E-state index in [9.17, 15) is 4.79 Å². The molecule has 6 heteroatoms. The Bertz CT molecular complexity index is 659. The van der Waals surface area contributed by atoms with Crippen molar-refractivity contribution in [2.45, 2.75) is 58.5 Å². The monoisotopic (exact) mass is 394 g/mol. The fourth-order valence-corrected chi connectivity index (χ4v) is 3.09. The molecule has 1 aromatic rings. The Labute approximate surface area is 163 Å². The van der Waals surface area contributed by atoms with Crippen molar-refractivity contribution < 1.29 is 9.53 Å². The van der Waals surface area contributed by atoms with Gasteiger partial charge in [0, 0.05) is 31.4 Å². The molecule has 0 aliphatic carbocycles. The van der Waals surface area contributed by atoms with Crippen molar-refractivity contribution in [2.24, 2.45) is 4.99 Å². The van der Waals surface area contributed by atoms with Crippen molar-refractivity contribution in [1.29, 1.82) is 0 Å². The number of aliphatic imine (C=N–C) groups is 1. The van der Waals surface area contributed by atoms with Gasteiger partial charge in [-0.25, -0.2) is 4.79 Å². The molecule has 4 nitrogen and oxygen atoms in total. The van der Waals surface area contributed by atoms with Gasteiger partial charge in [-0.2, -0.15) is 0 Å². The Kier molecular flexibility index (Phi) is 8.57.